The van der Waals surface area contributed by atoms with Gasteiger partial charge in [0.1, 0.15) is 6.61 Å². The molecule has 0 fully saturated rings. The Morgan fingerprint density at radius 3 is 2.73 bits per heavy atom. The summed E-state index contributed by atoms with van der Waals surface area (Å²) in [5, 5.41) is 9.35. The second-order valence-corrected chi connectivity index (χ2v) is 3.43. The fourth-order valence-corrected chi connectivity index (χ4v) is 1.40. The lowest BCUT2D eigenvalue weighted by atomic mass is 10.1. The maximum atomic E-state index is 9.75. The molecular weight excluding hydrogens is 192 g/mol. The molecule has 0 saturated carbocycles. The number of rotatable bonds is 7. The highest BCUT2D eigenvalue weighted by molar-refractivity contribution is 5.38. The van der Waals surface area contributed by atoms with Crippen LogP contribution in [-0.2, 0) is 16.0 Å². The Kier molecular flexibility index (Phi) is 5.48. The molecule has 0 aliphatic carbocycles. The summed E-state index contributed by atoms with van der Waals surface area (Å²) >= 11 is 0. The van der Waals surface area contributed by atoms with Crippen LogP contribution in [0.4, 0.5) is 0 Å². The summed E-state index contributed by atoms with van der Waals surface area (Å²) in [5.41, 5.74) is 1.26. The van der Waals surface area contributed by atoms with Crippen molar-refractivity contribution in [1.82, 2.24) is 0 Å². The van der Waals surface area contributed by atoms with Crippen LogP contribution in [0.2, 0.25) is 0 Å². The van der Waals surface area contributed by atoms with Crippen LogP contribution in [0.15, 0.2) is 30.3 Å². The van der Waals surface area contributed by atoms with Crippen molar-refractivity contribution < 1.29 is 14.6 Å². The first-order chi connectivity index (χ1) is 7.33. The molecule has 0 aliphatic rings. The molecule has 1 unspecified atom stereocenters. The molecule has 0 aromatic heterocycles. The van der Waals surface area contributed by atoms with Gasteiger partial charge in [0.25, 0.3) is 0 Å². The third-order valence-electron chi connectivity index (χ3n) is 2.18. The molecular formula is C12H15O3. The van der Waals surface area contributed by atoms with Crippen molar-refractivity contribution in [3.8, 4) is 0 Å². The van der Waals surface area contributed by atoms with Gasteiger partial charge in [-0.15, -0.1) is 0 Å². The van der Waals surface area contributed by atoms with E-state index >= 15 is 0 Å². The molecule has 15 heavy (non-hydrogen) atoms. The lowest BCUT2D eigenvalue weighted by Crippen LogP contribution is -2.14. The van der Waals surface area contributed by atoms with E-state index in [0.29, 0.717) is 6.42 Å². The number of aliphatic hydroxyl groups is 1. The van der Waals surface area contributed by atoms with Gasteiger partial charge in [0.05, 0.1) is 6.10 Å². The van der Waals surface area contributed by atoms with Crippen LogP contribution in [-0.4, -0.2) is 24.3 Å². The summed E-state index contributed by atoms with van der Waals surface area (Å²) in [6.07, 6.45) is 1.88. The van der Waals surface area contributed by atoms with Gasteiger partial charge in [0.15, 0.2) is 0 Å². The van der Waals surface area contributed by atoms with E-state index < -0.39 is 6.10 Å². The number of aryl methyl sites for hydroxylation is 1. The fourth-order valence-electron chi connectivity index (χ4n) is 1.40. The summed E-state index contributed by atoms with van der Waals surface area (Å²) in [6.45, 7) is 1.34. The van der Waals surface area contributed by atoms with Crippen LogP contribution >= 0.6 is 0 Å². The second kappa shape index (κ2) is 7.01. The molecule has 0 bridgehead atoms. The molecule has 1 atom stereocenters. The van der Waals surface area contributed by atoms with Gasteiger partial charge >= 0.3 is 6.47 Å². The molecule has 0 spiro atoms. The van der Waals surface area contributed by atoms with E-state index in [2.05, 4.69) is 16.9 Å². The zero-order valence-corrected chi connectivity index (χ0v) is 8.56. The monoisotopic (exact) mass is 207 g/mol. The minimum Gasteiger partial charge on any atom is -0.455 e. The van der Waals surface area contributed by atoms with Crippen molar-refractivity contribution >= 4 is 6.47 Å². The zero-order chi connectivity index (χ0) is 10.9. The predicted molar refractivity (Wildman–Crippen MR) is 57.0 cm³/mol. The Morgan fingerprint density at radius 1 is 1.33 bits per heavy atom. The van der Waals surface area contributed by atoms with Crippen LogP contribution in [0.25, 0.3) is 0 Å². The van der Waals surface area contributed by atoms with Crippen molar-refractivity contribution in [3.05, 3.63) is 35.9 Å². The van der Waals surface area contributed by atoms with Crippen molar-refractivity contribution in [1.29, 1.82) is 0 Å². The highest BCUT2D eigenvalue weighted by Crippen LogP contribution is 2.06. The van der Waals surface area contributed by atoms with Gasteiger partial charge in [-0.1, -0.05) is 30.3 Å². The molecule has 0 saturated heterocycles. The Balaban J connectivity index is 2.13. The SMILES string of the molecule is O=[C]OCC(O)CCCc1ccccc1. The predicted octanol–water partition coefficient (Wildman–Crippen LogP) is 1.45. The van der Waals surface area contributed by atoms with E-state index in [-0.39, 0.29) is 6.61 Å². The highest BCUT2D eigenvalue weighted by Gasteiger charge is 2.04. The number of hydrogen-bond donors (Lipinski definition) is 1. The van der Waals surface area contributed by atoms with Crippen LogP contribution in [0, 0.1) is 0 Å². The van der Waals surface area contributed by atoms with Crippen LogP contribution < -0.4 is 0 Å². The van der Waals surface area contributed by atoms with E-state index in [1.807, 2.05) is 18.2 Å². The van der Waals surface area contributed by atoms with Crippen molar-refractivity contribution in [2.45, 2.75) is 25.4 Å². The molecule has 81 valence electrons. The lowest BCUT2D eigenvalue weighted by molar-refractivity contribution is 0.0902. The van der Waals surface area contributed by atoms with Crippen molar-refractivity contribution in [2.75, 3.05) is 6.61 Å². The number of aliphatic hydroxyl groups excluding tert-OH is 1. The number of carbonyl (C=O) groups excluding carboxylic acids is 1. The Morgan fingerprint density at radius 2 is 2.07 bits per heavy atom. The van der Waals surface area contributed by atoms with Gasteiger partial charge in [-0.25, -0.2) is 4.79 Å². The first kappa shape index (κ1) is 11.7. The average Bonchev–Trinajstić information content (AvgIpc) is 2.28. The smallest absolute Gasteiger partial charge is 0.417 e. The first-order valence-corrected chi connectivity index (χ1v) is 5.04. The van der Waals surface area contributed by atoms with Crippen LogP contribution in [0.5, 0.6) is 0 Å². The van der Waals surface area contributed by atoms with E-state index in [1.165, 1.54) is 12.0 Å². The summed E-state index contributed by atoms with van der Waals surface area (Å²) < 4.78 is 4.34. The molecule has 3 nitrogen and oxygen atoms in total. The van der Waals surface area contributed by atoms with Crippen molar-refractivity contribution in [3.63, 3.8) is 0 Å². The number of hydrogen-bond acceptors (Lipinski definition) is 3. The maximum absolute atomic E-state index is 9.75. The standard InChI is InChI=1S/C12H15O3/c13-10-15-9-12(14)8-4-7-11-5-2-1-3-6-11/h1-3,5-6,12,14H,4,7-9H2. The van der Waals surface area contributed by atoms with Crippen LogP contribution in [0.3, 0.4) is 0 Å². The zero-order valence-electron chi connectivity index (χ0n) is 8.56. The quantitative estimate of drug-likeness (QED) is 0.736. The van der Waals surface area contributed by atoms with Gasteiger partial charge in [-0.2, -0.15) is 0 Å². The molecule has 1 rings (SSSR count). The van der Waals surface area contributed by atoms with E-state index in [0.717, 1.165) is 12.8 Å². The van der Waals surface area contributed by atoms with Gasteiger partial charge in [0.2, 0.25) is 0 Å². The topological polar surface area (TPSA) is 46.5 Å². The summed E-state index contributed by atoms with van der Waals surface area (Å²) in [5.74, 6) is 0. The summed E-state index contributed by atoms with van der Waals surface area (Å²) in [7, 11) is 0. The minimum absolute atomic E-state index is 0.0400. The van der Waals surface area contributed by atoms with Crippen molar-refractivity contribution in [2.24, 2.45) is 0 Å². The third kappa shape index (κ3) is 5.18. The van der Waals surface area contributed by atoms with Gasteiger partial charge in [-0.3, -0.25) is 0 Å². The van der Waals surface area contributed by atoms with E-state index in [4.69, 9.17) is 0 Å². The molecule has 1 aromatic rings. The largest absolute Gasteiger partial charge is 0.455 e. The normalized spacial score (nSPS) is 12.1. The Labute approximate surface area is 89.7 Å². The third-order valence-corrected chi connectivity index (χ3v) is 2.18. The molecule has 1 radical (unpaired) electrons. The summed E-state index contributed by atoms with van der Waals surface area (Å²) in [6, 6.07) is 10.1. The second-order valence-electron chi connectivity index (χ2n) is 3.43. The maximum Gasteiger partial charge on any atom is 0.417 e. The minimum atomic E-state index is -0.574. The molecule has 3 heteroatoms. The van der Waals surface area contributed by atoms with Crippen LogP contribution in [0.1, 0.15) is 18.4 Å². The van der Waals surface area contributed by atoms with Gasteiger partial charge in [0, 0.05) is 0 Å². The molecule has 0 amide bonds. The van der Waals surface area contributed by atoms with Gasteiger partial charge < -0.3 is 9.84 Å². The van der Waals surface area contributed by atoms with E-state index in [1.54, 1.807) is 0 Å². The first-order valence-electron chi connectivity index (χ1n) is 5.04. The number of benzene rings is 1. The van der Waals surface area contributed by atoms with Gasteiger partial charge in [-0.05, 0) is 24.8 Å². The lowest BCUT2D eigenvalue weighted by Gasteiger charge is -2.08. The molecule has 0 heterocycles. The average molecular weight is 207 g/mol. The van der Waals surface area contributed by atoms with E-state index in [9.17, 15) is 9.90 Å². The molecule has 1 N–H and O–H groups in total. The summed E-state index contributed by atoms with van der Waals surface area (Å²) in [4.78, 5) is 9.75. The molecule has 0 aliphatic heterocycles. The number of ether oxygens (including phenoxy) is 1. The fraction of sp³-hybridized carbons (Fsp3) is 0.417. The molecule has 1 aromatic carbocycles. The Bertz CT molecular complexity index is 271. The highest BCUT2D eigenvalue weighted by atomic mass is 16.5. The Hall–Kier alpha value is -1.35.